The van der Waals surface area contributed by atoms with Crippen LogP contribution < -0.4 is 10.6 Å². The molecule has 2 N–H and O–H groups in total. The van der Waals surface area contributed by atoms with E-state index in [1.165, 1.54) is 0 Å². The Kier molecular flexibility index (Phi) is 2.99. The number of carbonyl (C=O) groups is 2. The van der Waals surface area contributed by atoms with Crippen molar-refractivity contribution in [2.75, 3.05) is 0 Å². The third kappa shape index (κ3) is 2.05. The average Bonchev–Trinajstić information content (AvgIpc) is 2.76. The highest BCUT2D eigenvalue weighted by molar-refractivity contribution is 6.07. The summed E-state index contributed by atoms with van der Waals surface area (Å²) in [6.45, 7) is 0. The van der Waals surface area contributed by atoms with Crippen LogP contribution in [0.3, 0.4) is 0 Å². The summed E-state index contributed by atoms with van der Waals surface area (Å²) >= 11 is 0. The largest absolute Gasteiger partial charge is 0.322 e. The molecule has 1 unspecified atom stereocenters. The first-order valence-corrected chi connectivity index (χ1v) is 6.44. The molecule has 0 aliphatic carbocycles. The van der Waals surface area contributed by atoms with Crippen molar-refractivity contribution in [3.05, 3.63) is 71.8 Å². The van der Waals surface area contributed by atoms with Gasteiger partial charge in [0.1, 0.15) is 0 Å². The Balaban J connectivity index is 2.05. The number of hydrogen-bond acceptors (Lipinski definition) is 2. The van der Waals surface area contributed by atoms with Gasteiger partial charge in [0.2, 0.25) is 0 Å². The molecule has 3 rings (SSSR count). The molecule has 0 bridgehead atoms. The van der Waals surface area contributed by atoms with Gasteiger partial charge in [0.15, 0.2) is 5.54 Å². The third-order valence-electron chi connectivity index (χ3n) is 3.52. The Hall–Kier alpha value is -2.62. The quantitative estimate of drug-likeness (QED) is 0.834. The number of benzene rings is 2. The van der Waals surface area contributed by atoms with Crippen LogP contribution in [-0.2, 0) is 16.8 Å². The first kappa shape index (κ1) is 12.4. The summed E-state index contributed by atoms with van der Waals surface area (Å²) in [6.07, 6.45) is 0.426. The molecule has 0 radical (unpaired) electrons. The molecule has 1 atom stereocenters. The van der Waals surface area contributed by atoms with Gasteiger partial charge in [-0.3, -0.25) is 10.1 Å². The molecule has 1 saturated heterocycles. The topological polar surface area (TPSA) is 58.2 Å². The van der Waals surface area contributed by atoms with Crippen LogP contribution in [0.1, 0.15) is 11.1 Å². The van der Waals surface area contributed by atoms with Crippen LogP contribution in [0.4, 0.5) is 4.79 Å². The SMILES string of the molecule is O=C1NC(=O)C(Cc2ccccc2)(c2ccccc2)N1. The number of imide groups is 1. The minimum Gasteiger partial charge on any atom is -0.319 e. The number of amides is 3. The predicted molar refractivity (Wildman–Crippen MR) is 74.9 cm³/mol. The number of hydrogen-bond donors (Lipinski definition) is 2. The molecule has 0 spiro atoms. The maximum absolute atomic E-state index is 12.3. The summed E-state index contributed by atoms with van der Waals surface area (Å²) in [4.78, 5) is 23.9. The fraction of sp³-hybridized carbons (Fsp3) is 0.125. The molecule has 2 aromatic carbocycles. The normalized spacial score (nSPS) is 21.4. The molecule has 100 valence electrons. The molecule has 1 fully saturated rings. The highest BCUT2D eigenvalue weighted by atomic mass is 16.2. The van der Waals surface area contributed by atoms with E-state index in [9.17, 15) is 9.59 Å². The summed E-state index contributed by atoms with van der Waals surface area (Å²) in [5.41, 5.74) is 0.751. The first-order chi connectivity index (χ1) is 9.71. The maximum atomic E-state index is 12.3. The van der Waals surface area contributed by atoms with E-state index in [4.69, 9.17) is 0 Å². The Bertz CT molecular complexity index is 640. The van der Waals surface area contributed by atoms with Crippen molar-refractivity contribution >= 4 is 11.9 Å². The minimum atomic E-state index is -1.03. The van der Waals surface area contributed by atoms with Crippen LogP contribution in [0.25, 0.3) is 0 Å². The van der Waals surface area contributed by atoms with E-state index in [-0.39, 0.29) is 5.91 Å². The van der Waals surface area contributed by atoms with E-state index in [1.807, 2.05) is 60.7 Å². The molecule has 0 saturated carbocycles. The monoisotopic (exact) mass is 266 g/mol. The van der Waals surface area contributed by atoms with Gasteiger partial charge in [0.25, 0.3) is 5.91 Å². The zero-order valence-corrected chi connectivity index (χ0v) is 10.8. The van der Waals surface area contributed by atoms with E-state index >= 15 is 0 Å². The van der Waals surface area contributed by atoms with Crippen molar-refractivity contribution in [3.8, 4) is 0 Å². The van der Waals surface area contributed by atoms with Crippen molar-refractivity contribution in [3.63, 3.8) is 0 Å². The van der Waals surface area contributed by atoms with Gasteiger partial charge < -0.3 is 5.32 Å². The lowest BCUT2D eigenvalue weighted by molar-refractivity contribution is -0.124. The average molecular weight is 266 g/mol. The van der Waals surface area contributed by atoms with Crippen LogP contribution in [0.5, 0.6) is 0 Å². The number of urea groups is 1. The van der Waals surface area contributed by atoms with Gasteiger partial charge in [-0.2, -0.15) is 0 Å². The van der Waals surface area contributed by atoms with Crippen molar-refractivity contribution in [1.82, 2.24) is 10.6 Å². The lowest BCUT2D eigenvalue weighted by Gasteiger charge is -2.26. The van der Waals surface area contributed by atoms with Crippen molar-refractivity contribution in [2.24, 2.45) is 0 Å². The van der Waals surface area contributed by atoms with E-state index < -0.39 is 11.6 Å². The summed E-state index contributed by atoms with van der Waals surface area (Å²) < 4.78 is 0. The lowest BCUT2D eigenvalue weighted by atomic mass is 9.84. The number of rotatable bonds is 3. The molecular weight excluding hydrogens is 252 g/mol. The molecule has 3 amide bonds. The van der Waals surface area contributed by atoms with Crippen molar-refractivity contribution in [1.29, 1.82) is 0 Å². The molecule has 1 aliphatic heterocycles. The molecule has 4 heteroatoms. The van der Waals surface area contributed by atoms with Gasteiger partial charge in [0, 0.05) is 6.42 Å². The molecule has 4 nitrogen and oxygen atoms in total. The third-order valence-corrected chi connectivity index (χ3v) is 3.52. The van der Waals surface area contributed by atoms with E-state index in [1.54, 1.807) is 0 Å². The highest BCUT2D eigenvalue weighted by Crippen LogP contribution is 2.29. The second-order valence-corrected chi connectivity index (χ2v) is 4.84. The molecule has 20 heavy (non-hydrogen) atoms. The predicted octanol–water partition coefficient (Wildman–Crippen LogP) is 1.96. The molecule has 2 aromatic rings. The van der Waals surface area contributed by atoms with Crippen LogP contribution in [-0.4, -0.2) is 11.9 Å². The van der Waals surface area contributed by atoms with Crippen LogP contribution in [0.15, 0.2) is 60.7 Å². The Morgan fingerprint density at radius 3 is 2.00 bits per heavy atom. The van der Waals surface area contributed by atoms with E-state index in [2.05, 4.69) is 10.6 Å². The fourth-order valence-electron chi connectivity index (χ4n) is 2.55. The number of carbonyl (C=O) groups excluding carboxylic acids is 2. The highest BCUT2D eigenvalue weighted by Gasteiger charge is 2.47. The van der Waals surface area contributed by atoms with Crippen LogP contribution >= 0.6 is 0 Å². The van der Waals surface area contributed by atoms with Gasteiger partial charge in [-0.1, -0.05) is 60.7 Å². The Labute approximate surface area is 116 Å². The molecule has 0 aromatic heterocycles. The van der Waals surface area contributed by atoms with Crippen molar-refractivity contribution in [2.45, 2.75) is 12.0 Å². The number of nitrogens with one attached hydrogen (secondary N) is 2. The second-order valence-electron chi connectivity index (χ2n) is 4.84. The van der Waals surface area contributed by atoms with Gasteiger partial charge in [0.05, 0.1) is 0 Å². The van der Waals surface area contributed by atoms with Crippen LogP contribution in [0.2, 0.25) is 0 Å². The van der Waals surface area contributed by atoms with Gasteiger partial charge >= 0.3 is 6.03 Å². The minimum absolute atomic E-state index is 0.308. The van der Waals surface area contributed by atoms with Gasteiger partial charge in [-0.05, 0) is 11.1 Å². The molecule has 1 heterocycles. The summed E-state index contributed by atoms with van der Waals surface area (Å²) in [5, 5.41) is 5.12. The van der Waals surface area contributed by atoms with Crippen molar-refractivity contribution < 1.29 is 9.59 Å². The Morgan fingerprint density at radius 1 is 0.850 bits per heavy atom. The molecule has 1 aliphatic rings. The zero-order chi connectivity index (χ0) is 14.0. The van der Waals surface area contributed by atoms with E-state index in [0.717, 1.165) is 11.1 Å². The first-order valence-electron chi connectivity index (χ1n) is 6.44. The zero-order valence-electron chi connectivity index (χ0n) is 10.8. The summed E-state index contributed by atoms with van der Waals surface area (Å²) in [7, 11) is 0. The van der Waals surface area contributed by atoms with Gasteiger partial charge in [-0.25, -0.2) is 4.79 Å². The van der Waals surface area contributed by atoms with Crippen LogP contribution in [0, 0.1) is 0 Å². The lowest BCUT2D eigenvalue weighted by Crippen LogP contribution is -2.45. The van der Waals surface area contributed by atoms with E-state index in [0.29, 0.717) is 6.42 Å². The van der Waals surface area contributed by atoms with Gasteiger partial charge in [-0.15, -0.1) is 0 Å². The fourth-order valence-corrected chi connectivity index (χ4v) is 2.55. The summed E-state index contributed by atoms with van der Waals surface area (Å²) in [6, 6.07) is 18.5. The summed E-state index contributed by atoms with van der Waals surface area (Å²) in [5.74, 6) is -0.308. The maximum Gasteiger partial charge on any atom is 0.322 e. The standard InChI is InChI=1S/C16H14N2O2/c19-14-16(18-15(20)17-14,13-9-5-2-6-10-13)11-12-7-3-1-4-8-12/h1-10H,11H2,(H2,17,18,19,20). The smallest absolute Gasteiger partial charge is 0.319 e. The molecular formula is C16H14N2O2. The Morgan fingerprint density at radius 2 is 1.45 bits per heavy atom. The second kappa shape index (κ2) is 4.81.